The second kappa shape index (κ2) is 8.71. The Morgan fingerprint density at radius 3 is 2.24 bits per heavy atom. The third kappa shape index (κ3) is 3.98. The molecule has 0 amide bonds. The highest BCUT2D eigenvalue weighted by Crippen LogP contribution is 2.43. The van der Waals surface area contributed by atoms with E-state index in [1.165, 1.54) is 17.0 Å². The number of para-hydroxylation sites is 1. The minimum absolute atomic E-state index is 0.0202. The van der Waals surface area contributed by atoms with Gasteiger partial charge in [0.25, 0.3) is 0 Å². The van der Waals surface area contributed by atoms with Crippen LogP contribution in [0.15, 0.2) is 85.1 Å². The van der Waals surface area contributed by atoms with Crippen molar-refractivity contribution in [1.29, 1.82) is 0 Å². The Bertz CT molecular complexity index is 1270. The molecule has 0 bridgehead atoms. The molecule has 166 valence electrons. The number of benzene rings is 2. The number of aromatic nitrogens is 2. The van der Waals surface area contributed by atoms with Crippen LogP contribution in [0.25, 0.3) is 0 Å². The van der Waals surface area contributed by atoms with Gasteiger partial charge in [-0.3, -0.25) is 4.98 Å². The maximum Gasteiger partial charge on any atom is 0.174 e. The van der Waals surface area contributed by atoms with Crippen molar-refractivity contribution in [3.8, 4) is 11.5 Å². The zero-order valence-electron chi connectivity index (χ0n) is 18.9. The zero-order valence-corrected chi connectivity index (χ0v) is 19.7. The maximum absolute atomic E-state index is 5.98. The molecule has 2 aromatic carbocycles. The van der Waals surface area contributed by atoms with E-state index in [9.17, 15) is 0 Å². The van der Waals surface area contributed by atoms with Gasteiger partial charge in [0.1, 0.15) is 11.5 Å². The van der Waals surface area contributed by atoms with E-state index in [2.05, 4.69) is 64.9 Å². The number of rotatable bonds is 5. The van der Waals surface area contributed by atoms with Gasteiger partial charge in [0.15, 0.2) is 5.11 Å². The van der Waals surface area contributed by atoms with E-state index >= 15 is 0 Å². The van der Waals surface area contributed by atoms with Gasteiger partial charge in [-0.25, -0.2) is 0 Å². The van der Waals surface area contributed by atoms with Crippen molar-refractivity contribution >= 4 is 23.0 Å². The molecule has 33 heavy (non-hydrogen) atoms. The lowest BCUT2D eigenvalue weighted by Gasteiger charge is -2.28. The molecule has 0 unspecified atom stereocenters. The van der Waals surface area contributed by atoms with E-state index in [1.54, 1.807) is 0 Å². The first kappa shape index (κ1) is 21.2. The van der Waals surface area contributed by atoms with Crippen LogP contribution in [0.5, 0.6) is 11.5 Å². The third-order valence-corrected chi connectivity index (χ3v) is 6.64. The van der Waals surface area contributed by atoms with Gasteiger partial charge < -0.3 is 19.5 Å². The van der Waals surface area contributed by atoms with Crippen LogP contribution in [0, 0.1) is 13.8 Å². The zero-order chi connectivity index (χ0) is 22.9. The molecule has 3 heterocycles. The molecule has 5 rings (SSSR count). The molecule has 1 aliphatic rings. The van der Waals surface area contributed by atoms with E-state index in [0.29, 0.717) is 5.11 Å². The van der Waals surface area contributed by atoms with Gasteiger partial charge in [-0.15, -0.1) is 0 Å². The molecule has 1 fully saturated rings. The average molecular weight is 455 g/mol. The Labute approximate surface area is 199 Å². The van der Waals surface area contributed by atoms with Crippen LogP contribution >= 0.6 is 12.2 Å². The number of nitrogens with one attached hydrogen (secondary N) is 1. The number of aryl methyl sites for hydroxylation is 1. The van der Waals surface area contributed by atoms with Crippen molar-refractivity contribution in [3.05, 3.63) is 108 Å². The summed E-state index contributed by atoms with van der Waals surface area (Å²) < 4.78 is 8.21. The van der Waals surface area contributed by atoms with Crippen molar-refractivity contribution in [2.24, 2.45) is 7.05 Å². The number of anilines is 1. The minimum Gasteiger partial charge on any atom is -0.457 e. The van der Waals surface area contributed by atoms with E-state index in [0.717, 1.165) is 22.9 Å². The molecule has 0 aliphatic carbocycles. The van der Waals surface area contributed by atoms with E-state index in [4.69, 9.17) is 17.0 Å². The van der Waals surface area contributed by atoms with Gasteiger partial charge >= 0.3 is 0 Å². The smallest absolute Gasteiger partial charge is 0.174 e. The minimum atomic E-state index is -0.0561. The van der Waals surface area contributed by atoms with E-state index in [-0.39, 0.29) is 12.1 Å². The predicted molar refractivity (Wildman–Crippen MR) is 136 cm³/mol. The topological polar surface area (TPSA) is 42.3 Å². The Hall–Kier alpha value is -3.64. The van der Waals surface area contributed by atoms with Gasteiger partial charge in [0.05, 0.1) is 17.8 Å². The molecule has 1 saturated heterocycles. The SMILES string of the molecule is Cc1cc([C@@H]2[C@@H](c3ccccn3)NC(=S)N2c2ccc(Oc3ccccc3)cc2)c(C)n1C. The van der Waals surface area contributed by atoms with Crippen LogP contribution in [-0.4, -0.2) is 14.7 Å². The molecule has 0 saturated carbocycles. The first-order valence-electron chi connectivity index (χ1n) is 11.0. The first-order chi connectivity index (χ1) is 16.0. The van der Waals surface area contributed by atoms with Crippen LogP contribution in [0.3, 0.4) is 0 Å². The van der Waals surface area contributed by atoms with Crippen LogP contribution in [-0.2, 0) is 7.05 Å². The van der Waals surface area contributed by atoms with Gasteiger partial charge in [-0.1, -0.05) is 24.3 Å². The van der Waals surface area contributed by atoms with Crippen LogP contribution in [0.1, 0.15) is 34.7 Å². The molecule has 6 heteroatoms. The quantitative estimate of drug-likeness (QED) is 0.374. The molecular formula is C27H26N4OS. The van der Waals surface area contributed by atoms with E-state index in [1.807, 2.05) is 60.8 Å². The van der Waals surface area contributed by atoms with E-state index < -0.39 is 0 Å². The van der Waals surface area contributed by atoms with Crippen molar-refractivity contribution in [3.63, 3.8) is 0 Å². The Morgan fingerprint density at radius 2 is 1.61 bits per heavy atom. The summed E-state index contributed by atoms with van der Waals surface area (Å²) in [5.74, 6) is 1.60. The fraction of sp³-hybridized carbons (Fsp3) is 0.185. The molecule has 1 N–H and O–H groups in total. The van der Waals surface area contributed by atoms with Crippen molar-refractivity contribution < 1.29 is 4.74 Å². The molecule has 0 spiro atoms. The molecule has 5 nitrogen and oxygen atoms in total. The predicted octanol–water partition coefficient (Wildman–Crippen LogP) is 6.01. The fourth-order valence-electron chi connectivity index (χ4n) is 4.43. The highest BCUT2D eigenvalue weighted by atomic mass is 32.1. The molecule has 2 aromatic heterocycles. The summed E-state index contributed by atoms with van der Waals surface area (Å²) in [5.41, 5.74) is 5.66. The number of hydrogen-bond acceptors (Lipinski definition) is 3. The summed E-state index contributed by atoms with van der Waals surface area (Å²) in [6.07, 6.45) is 1.83. The van der Waals surface area contributed by atoms with Crippen molar-refractivity contribution in [1.82, 2.24) is 14.9 Å². The number of pyridine rings is 1. The molecule has 2 atom stereocenters. The lowest BCUT2D eigenvalue weighted by Crippen LogP contribution is -2.29. The number of hydrogen-bond donors (Lipinski definition) is 1. The highest BCUT2D eigenvalue weighted by Gasteiger charge is 2.42. The standard InChI is InChI=1S/C27H26N4OS/c1-18-17-23(19(2)30(18)3)26-25(24-11-7-8-16-28-24)29-27(33)31(26)20-12-14-22(15-13-20)32-21-9-5-4-6-10-21/h4-17,25-26H,1-3H3,(H,29,33)/t25-,26-/m1/s1. The lowest BCUT2D eigenvalue weighted by atomic mass is 9.96. The summed E-state index contributed by atoms with van der Waals surface area (Å²) in [6, 6.07) is 26.1. The van der Waals surface area contributed by atoms with Gasteiger partial charge in [-0.05, 0) is 86.2 Å². The second-order valence-corrected chi connectivity index (χ2v) is 8.68. The number of nitrogens with zero attached hydrogens (tertiary/aromatic N) is 3. The van der Waals surface area contributed by atoms with Gasteiger partial charge in [0.2, 0.25) is 0 Å². The molecule has 4 aromatic rings. The largest absolute Gasteiger partial charge is 0.457 e. The summed E-state index contributed by atoms with van der Waals surface area (Å²) >= 11 is 5.85. The summed E-state index contributed by atoms with van der Waals surface area (Å²) in [7, 11) is 2.10. The fourth-order valence-corrected chi connectivity index (χ4v) is 4.78. The maximum atomic E-state index is 5.98. The molecular weight excluding hydrogens is 428 g/mol. The highest BCUT2D eigenvalue weighted by molar-refractivity contribution is 7.80. The second-order valence-electron chi connectivity index (χ2n) is 8.29. The number of ether oxygens (including phenoxy) is 1. The number of thiocarbonyl (C=S) groups is 1. The normalized spacial score (nSPS) is 17.8. The molecule has 0 radical (unpaired) electrons. The first-order valence-corrected chi connectivity index (χ1v) is 11.4. The monoisotopic (exact) mass is 454 g/mol. The average Bonchev–Trinajstić information content (AvgIpc) is 3.31. The van der Waals surface area contributed by atoms with Crippen LogP contribution in [0.4, 0.5) is 5.69 Å². The lowest BCUT2D eigenvalue weighted by molar-refractivity contribution is 0.482. The Kier molecular flexibility index (Phi) is 5.60. The molecule has 1 aliphatic heterocycles. The van der Waals surface area contributed by atoms with Crippen molar-refractivity contribution in [2.75, 3.05) is 4.90 Å². The van der Waals surface area contributed by atoms with Crippen molar-refractivity contribution in [2.45, 2.75) is 25.9 Å². The van der Waals surface area contributed by atoms with Gasteiger partial charge in [-0.2, -0.15) is 0 Å². The van der Waals surface area contributed by atoms with Crippen LogP contribution < -0.4 is 15.0 Å². The third-order valence-electron chi connectivity index (χ3n) is 6.32. The summed E-state index contributed by atoms with van der Waals surface area (Å²) in [6.45, 7) is 4.29. The summed E-state index contributed by atoms with van der Waals surface area (Å²) in [5, 5.41) is 4.22. The Morgan fingerprint density at radius 1 is 0.909 bits per heavy atom. The van der Waals surface area contributed by atoms with Gasteiger partial charge in [0, 0.05) is 30.3 Å². The van der Waals surface area contributed by atoms with Crippen LogP contribution in [0.2, 0.25) is 0 Å². The summed E-state index contributed by atoms with van der Waals surface area (Å²) in [4.78, 5) is 6.84. The Balaban J connectivity index is 1.53.